The van der Waals surface area contributed by atoms with Crippen molar-refractivity contribution in [2.24, 2.45) is 0 Å². The van der Waals surface area contributed by atoms with Crippen LogP contribution in [0.25, 0.3) is 0 Å². The number of benzene rings is 2. The van der Waals surface area contributed by atoms with Gasteiger partial charge in [-0.15, -0.1) is 0 Å². The van der Waals surface area contributed by atoms with E-state index < -0.39 is 0 Å². The topological polar surface area (TPSA) is 135 Å². The number of hydrogen-bond donors (Lipinski definition) is 4. The van der Waals surface area contributed by atoms with E-state index in [2.05, 4.69) is 49.6 Å². The number of ether oxygens (including phenoxy) is 2. The predicted molar refractivity (Wildman–Crippen MR) is 180 cm³/mol. The van der Waals surface area contributed by atoms with Crippen LogP contribution < -0.4 is 20.1 Å². The smallest absolute Gasteiger partial charge is 0.188 e. The quantitative estimate of drug-likeness (QED) is 0.140. The first kappa shape index (κ1) is 33.7. The molecule has 10 nitrogen and oxygen atoms in total. The number of aliphatic hydroxyl groups is 2. The van der Waals surface area contributed by atoms with Crippen LogP contribution in [0.4, 0.5) is 11.6 Å². The summed E-state index contributed by atoms with van der Waals surface area (Å²) in [5, 5.41) is 27.0. The minimum absolute atomic E-state index is 0.161. The molecule has 0 radical (unpaired) electrons. The van der Waals surface area contributed by atoms with Crippen molar-refractivity contribution in [1.29, 1.82) is 0 Å². The van der Waals surface area contributed by atoms with Gasteiger partial charge in [-0.1, -0.05) is 42.3 Å². The predicted octanol–water partition coefficient (Wildman–Crippen LogP) is 7.84. The summed E-state index contributed by atoms with van der Waals surface area (Å²) in [5.74, 6) is 3.73. The standard InChI is InChI=1S/C18H23N3O2.C16H17Cl2N3O2/c1-2-13-3-9-16(10-4-13)23-17-11-19-12-20-18(17)21-14-5-7-15(22)8-6-14;17-10-1-6-14(13(18)7-10)23-15-8-19-9-20-16(15)21-11-2-4-12(22)5-3-11/h3-4,9-12,14-15,22H,2,5-8H2,1H3,(H,19,20,21);1,6-9,11-12,22H,2-5H2,(H,19,20,21). The molecule has 0 amide bonds. The van der Waals surface area contributed by atoms with Gasteiger partial charge >= 0.3 is 0 Å². The monoisotopic (exact) mass is 666 g/mol. The van der Waals surface area contributed by atoms with Gasteiger partial charge < -0.3 is 30.3 Å². The molecule has 2 aliphatic carbocycles. The van der Waals surface area contributed by atoms with Crippen molar-refractivity contribution in [3.63, 3.8) is 0 Å². The first-order valence-electron chi connectivity index (χ1n) is 15.7. The second-order valence-electron chi connectivity index (χ2n) is 11.5. The van der Waals surface area contributed by atoms with Gasteiger partial charge in [0, 0.05) is 17.1 Å². The lowest BCUT2D eigenvalue weighted by Gasteiger charge is -2.27. The SMILES string of the molecule is CCc1ccc(Oc2cncnc2NC2CCC(O)CC2)cc1.OC1CCC(Nc2ncncc2Oc2ccc(Cl)cc2Cl)CC1. The molecule has 12 heteroatoms. The Morgan fingerprint density at radius 3 is 1.72 bits per heavy atom. The second-order valence-corrected chi connectivity index (χ2v) is 12.4. The highest BCUT2D eigenvalue weighted by atomic mass is 35.5. The van der Waals surface area contributed by atoms with Crippen LogP contribution in [0.15, 0.2) is 67.5 Å². The average molecular weight is 668 g/mol. The van der Waals surface area contributed by atoms with Crippen molar-refractivity contribution < 1.29 is 19.7 Å². The molecule has 6 rings (SSSR count). The number of rotatable bonds is 9. The van der Waals surface area contributed by atoms with Gasteiger partial charge in [0.25, 0.3) is 0 Å². The highest BCUT2D eigenvalue weighted by molar-refractivity contribution is 6.35. The van der Waals surface area contributed by atoms with E-state index in [-0.39, 0.29) is 18.2 Å². The molecule has 0 saturated heterocycles. The maximum absolute atomic E-state index is 9.61. The molecule has 2 heterocycles. The Bertz CT molecular complexity index is 1530. The van der Waals surface area contributed by atoms with E-state index in [4.69, 9.17) is 32.7 Å². The van der Waals surface area contributed by atoms with Crippen molar-refractivity contribution >= 4 is 34.8 Å². The fourth-order valence-corrected chi connectivity index (χ4v) is 5.87. The fourth-order valence-electron chi connectivity index (χ4n) is 5.42. The minimum Gasteiger partial charge on any atom is -0.452 e. The maximum Gasteiger partial charge on any atom is 0.188 e. The van der Waals surface area contributed by atoms with E-state index in [9.17, 15) is 10.2 Å². The number of hydrogen-bond acceptors (Lipinski definition) is 10. The third-order valence-electron chi connectivity index (χ3n) is 8.11. The Hall–Kier alpha value is -3.70. The van der Waals surface area contributed by atoms with Gasteiger partial charge in [-0.2, -0.15) is 0 Å². The third-order valence-corrected chi connectivity index (χ3v) is 8.64. The fraction of sp³-hybridized carbons (Fsp3) is 0.412. The molecular weight excluding hydrogens is 627 g/mol. The van der Waals surface area contributed by atoms with Gasteiger partial charge in [-0.25, -0.2) is 19.9 Å². The van der Waals surface area contributed by atoms with Gasteiger partial charge in [0.05, 0.1) is 29.6 Å². The zero-order valence-electron chi connectivity index (χ0n) is 25.8. The van der Waals surface area contributed by atoms with Crippen LogP contribution in [0, 0.1) is 0 Å². The van der Waals surface area contributed by atoms with Crippen LogP contribution in [0.1, 0.15) is 63.9 Å². The summed E-state index contributed by atoms with van der Waals surface area (Å²) in [6, 6.07) is 13.7. The zero-order chi connectivity index (χ0) is 32.3. The molecule has 0 spiro atoms. The van der Waals surface area contributed by atoms with Crippen LogP contribution in [0.2, 0.25) is 10.0 Å². The van der Waals surface area contributed by atoms with E-state index >= 15 is 0 Å². The first-order chi connectivity index (χ1) is 22.4. The molecule has 0 unspecified atom stereocenters. The molecule has 0 aliphatic heterocycles. The number of anilines is 2. The number of aromatic nitrogens is 4. The Labute approximate surface area is 279 Å². The van der Waals surface area contributed by atoms with Crippen molar-refractivity contribution in [3.05, 3.63) is 83.1 Å². The van der Waals surface area contributed by atoms with Gasteiger partial charge in [-0.05, 0) is 93.7 Å². The molecule has 0 atom stereocenters. The summed E-state index contributed by atoms with van der Waals surface area (Å²) in [6.07, 6.45) is 13.8. The van der Waals surface area contributed by atoms with E-state index in [1.165, 1.54) is 18.2 Å². The molecular formula is C34H40Cl2N6O4. The molecule has 2 aromatic carbocycles. The van der Waals surface area contributed by atoms with E-state index in [1.54, 1.807) is 30.6 Å². The zero-order valence-corrected chi connectivity index (χ0v) is 27.3. The molecule has 4 aromatic rings. The normalized spacial score (nSPS) is 21.0. The molecule has 2 fully saturated rings. The lowest BCUT2D eigenvalue weighted by atomic mass is 9.93. The second kappa shape index (κ2) is 16.7. The highest BCUT2D eigenvalue weighted by Crippen LogP contribution is 2.35. The maximum atomic E-state index is 9.61. The minimum atomic E-state index is -0.193. The number of aliphatic hydroxyl groups excluding tert-OH is 2. The molecule has 2 saturated carbocycles. The van der Waals surface area contributed by atoms with E-state index in [1.807, 2.05) is 12.1 Å². The first-order valence-corrected chi connectivity index (χ1v) is 16.5. The Kier molecular flexibility index (Phi) is 12.2. The molecule has 0 bridgehead atoms. The number of nitrogens with zero attached hydrogens (tertiary/aromatic N) is 4. The lowest BCUT2D eigenvalue weighted by Crippen LogP contribution is -2.28. The summed E-state index contributed by atoms with van der Waals surface area (Å²) in [5.41, 5.74) is 1.28. The van der Waals surface area contributed by atoms with Crippen molar-refractivity contribution in [2.75, 3.05) is 10.6 Å². The highest BCUT2D eigenvalue weighted by Gasteiger charge is 2.22. The molecule has 244 valence electrons. The molecule has 2 aromatic heterocycles. The van der Waals surface area contributed by atoms with Crippen LogP contribution >= 0.6 is 23.2 Å². The van der Waals surface area contributed by atoms with Gasteiger partial charge in [-0.3, -0.25) is 0 Å². The average Bonchev–Trinajstić information content (AvgIpc) is 3.07. The van der Waals surface area contributed by atoms with Crippen LogP contribution in [0.3, 0.4) is 0 Å². The van der Waals surface area contributed by atoms with Crippen molar-refractivity contribution in [2.45, 2.75) is 89.0 Å². The summed E-state index contributed by atoms with van der Waals surface area (Å²) in [7, 11) is 0. The van der Waals surface area contributed by atoms with Crippen molar-refractivity contribution in [3.8, 4) is 23.0 Å². The molecule has 2 aliphatic rings. The van der Waals surface area contributed by atoms with E-state index in [0.717, 1.165) is 63.5 Å². The van der Waals surface area contributed by atoms with Crippen LogP contribution in [-0.2, 0) is 6.42 Å². The summed E-state index contributed by atoms with van der Waals surface area (Å²) in [4.78, 5) is 16.6. The van der Waals surface area contributed by atoms with Gasteiger partial charge in [0.2, 0.25) is 0 Å². The number of halogens is 2. The Morgan fingerprint density at radius 2 is 1.22 bits per heavy atom. The summed E-state index contributed by atoms with van der Waals surface area (Å²) < 4.78 is 11.8. The number of aryl methyl sites for hydroxylation is 1. The van der Waals surface area contributed by atoms with Crippen LogP contribution in [0.5, 0.6) is 23.0 Å². The summed E-state index contributed by atoms with van der Waals surface area (Å²) >= 11 is 12.0. The molecule has 46 heavy (non-hydrogen) atoms. The number of nitrogens with one attached hydrogen (secondary N) is 2. The van der Waals surface area contributed by atoms with E-state index in [0.29, 0.717) is 45.0 Å². The Balaban J connectivity index is 0.000000181. The van der Waals surface area contributed by atoms with Gasteiger partial charge in [0.1, 0.15) is 24.2 Å². The summed E-state index contributed by atoms with van der Waals surface area (Å²) in [6.45, 7) is 2.13. The van der Waals surface area contributed by atoms with Crippen LogP contribution in [-0.4, -0.2) is 54.4 Å². The van der Waals surface area contributed by atoms with Crippen molar-refractivity contribution in [1.82, 2.24) is 19.9 Å². The largest absolute Gasteiger partial charge is 0.452 e. The lowest BCUT2D eigenvalue weighted by molar-refractivity contribution is 0.125. The third kappa shape index (κ3) is 9.90. The molecule has 4 N–H and O–H groups in total. The Morgan fingerprint density at radius 1 is 0.696 bits per heavy atom. The van der Waals surface area contributed by atoms with Gasteiger partial charge in [0.15, 0.2) is 23.1 Å².